The number of aryl methyl sites for hydroxylation is 3. The van der Waals surface area contributed by atoms with Gasteiger partial charge in [-0.1, -0.05) is 72.8 Å². The van der Waals surface area contributed by atoms with E-state index in [2.05, 4.69) is 120 Å². The molecule has 5 aromatic rings. The lowest BCUT2D eigenvalue weighted by molar-refractivity contribution is 1.30. The molecule has 0 bridgehead atoms. The molecule has 0 saturated carbocycles. The van der Waals surface area contributed by atoms with Crippen LogP contribution in [-0.2, 0) is 0 Å². The number of rotatable bonds is 4. The Morgan fingerprint density at radius 3 is 1.39 bits per heavy atom. The van der Waals surface area contributed by atoms with Crippen molar-refractivity contribution in [2.24, 2.45) is 0 Å². The third kappa shape index (κ3) is 4.05. The van der Waals surface area contributed by atoms with Crippen molar-refractivity contribution in [2.45, 2.75) is 41.5 Å². The summed E-state index contributed by atoms with van der Waals surface area (Å²) in [7, 11) is 0. The second-order valence-electron chi connectivity index (χ2n) is 9.87. The minimum Gasteiger partial charge on any atom is -0.256 e. The smallest absolute Gasteiger partial charge is 0.0708 e. The van der Waals surface area contributed by atoms with E-state index in [4.69, 9.17) is 4.98 Å². The number of aromatic nitrogens is 1. The summed E-state index contributed by atoms with van der Waals surface area (Å²) in [4.78, 5) is 4.80. The van der Waals surface area contributed by atoms with E-state index in [9.17, 15) is 0 Å². The van der Waals surface area contributed by atoms with Gasteiger partial charge in [0, 0.05) is 11.8 Å². The van der Waals surface area contributed by atoms with Gasteiger partial charge in [0.2, 0.25) is 0 Å². The quantitative estimate of drug-likeness (QED) is 0.256. The van der Waals surface area contributed by atoms with Gasteiger partial charge in [-0.2, -0.15) is 0 Å². The van der Waals surface area contributed by atoms with E-state index in [0.717, 1.165) is 11.3 Å². The molecule has 178 valence electrons. The maximum atomic E-state index is 4.80. The molecule has 4 aromatic carbocycles. The predicted molar refractivity (Wildman–Crippen MR) is 154 cm³/mol. The molecule has 0 unspecified atom stereocenters. The largest absolute Gasteiger partial charge is 0.256 e. The topological polar surface area (TPSA) is 12.9 Å². The fourth-order valence-electron chi connectivity index (χ4n) is 5.21. The molecule has 5 rings (SSSR count). The van der Waals surface area contributed by atoms with Gasteiger partial charge in [-0.05, 0) is 120 Å². The first-order valence-corrected chi connectivity index (χ1v) is 12.7. The first kappa shape index (κ1) is 23.8. The summed E-state index contributed by atoms with van der Waals surface area (Å²) < 4.78 is 0. The summed E-state index contributed by atoms with van der Waals surface area (Å²) in [6, 6.07) is 30.7. The maximum Gasteiger partial charge on any atom is 0.0708 e. The van der Waals surface area contributed by atoms with Gasteiger partial charge in [-0.15, -0.1) is 0 Å². The summed E-state index contributed by atoms with van der Waals surface area (Å²) >= 11 is 0. The molecular formula is C35H33N. The molecule has 0 aliphatic carbocycles. The standard InChI is InChI=1S/C35H33N/c1-22-12-9-15-28(25(22)4)31-19-20-32(33-18-7-8-21-36-33)35(30-17-11-14-24(3)27(30)6)34(31)29-16-10-13-23(2)26(29)5/h7-21H,1-6H3. The Kier molecular flexibility index (Phi) is 6.33. The summed E-state index contributed by atoms with van der Waals surface area (Å²) in [5.41, 5.74) is 17.6. The summed E-state index contributed by atoms with van der Waals surface area (Å²) in [5.74, 6) is 0. The lowest BCUT2D eigenvalue weighted by Gasteiger charge is -2.24. The van der Waals surface area contributed by atoms with Crippen molar-refractivity contribution in [1.82, 2.24) is 4.98 Å². The van der Waals surface area contributed by atoms with E-state index in [-0.39, 0.29) is 0 Å². The lowest BCUT2D eigenvalue weighted by Crippen LogP contribution is -2.00. The number of hydrogen-bond acceptors (Lipinski definition) is 1. The monoisotopic (exact) mass is 467 g/mol. The Morgan fingerprint density at radius 1 is 0.389 bits per heavy atom. The van der Waals surface area contributed by atoms with Gasteiger partial charge in [-0.25, -0.2) is 0 Å². The molecule has 0 fully saturated rings. The molecule has 1 aromatic heterocycles. The molecule has 0 atom stereocenters. The van der Waals surface area contributed by atoms with Crippen molar-refractivity contribution in [3.63, 3.8) is 0 Å². The minimum absolute atomic E-state index is 0.993. The van der Waals surface area contributed by atoms with Crippen molar-refractivity contribution in [1.29, 1.82) is 0 Å². The summed E-state index contributed by atoms with van der Waals surface area (Å²) in [6.45, 7) is 13.3. The molecule has 0 radical (unpaired) electrons. The normalized spacial score (nSPS) is 11.1. The molecule has 0 saturated heterocycles. The van der Waals surface area contributed by atoms with Gasteiger partial charge in [0.05, 0.1) is 5.69 Å². The number of pyridine rings is 1. The molecule has 0 N–H and O–H groups in total. The van der Waals surface area contributed by atoms with Gasteiger partial charge >= 0.3 is 0 Å². The fraction of sp³-hybridized carbons (Fsp3) is 0.171. The summed E-state index contributed by atoms with van der Waals surface area (Å²) in [6.07, 6.45) is 1.89. The second-order valence-corrected chi connectivity index (χ2v) is 9.87. The van der Waals surface area contributed by atoms with E-state index in [1.165, 1.54) is 66.8 Å². The predicted octanol–water partition coefficient (Wildman–Crippen LogP) is 9.60. The van der Waals surface area contributed by atoms with Crippen molar-refractivity contribution in [3.8, 4) is 44.6 Å². The van der Waals surface area contributed by atoms with Crippen molar-refractivity contribution in [3.05, 3.63) is 125 Å². The first-order valence-electron chi connectivity index (χ1n) is 12.7. The van der Waals surface area contributed by atoms with Crippen LogP contribution in [0.5, 0.6) is 0 Å². The third-order valence-corrected chi connectivity index (χ3v) is 7.79. The van der Waals surface area contributed by atoms with Crippen LogP contribution < -0.4 is 0 Å². The first-order chi connectivity index (χ1) is 17.4. The average molecular weight is 468 g/mol. The van der Waals surface area contributed by atoms with Gasteiger partial charge in [0.1, 0.15) is 0 Å². The molecular weight excluding hydrogens is 434 g/mol. The third-order valence-electron chi connectivity index (χ3n) is 7.79. The van der Waals surface area contributed by atoms with Crippen LogP contribution in [-0.4, -0.2) is 4.98 Å². The fourth-order valence-corrected chi connectivity index (χ4v) is 5.21. The molecule has 0 spiro atoms. The van der Waals surface area contributed by atoms with Crippen LogP contribution in [0.1, 0.15) is 33.4 Å². The highest BCUT2D eigenvalue weighted by molar-refractivity contribution is 6.03. The van der Waals surface area contributed by atoms with Crippen LogP contribution in [0.15, 0.2) is 91.1 Å². The number of hydrogen-bond donors (Lipinski definition) is 0. The number of benzene rings is 4. The molecule has 1 nitrogen and oxygen atoms in total. The highest BCUT2D eigenvalue weighted by atomic mass is 14.7. The highest BCUT2D eigenvalue weighted by Gasteiger charge is 2.23. The molecule has 1 heterocycles. The Balaban J connectivity index is 2.01. The highest BCUT2D eigenvalue weighted by Crippen LogP contribution is 2.48. The minimum atomic E-state index is 0.993. The zero-order valence-corrected chi connectivity index (χ0v) is 22.1. The molecule has 0 aliphatic heterocycles. The second kappa shape index (κ2) is 9.59. The van der Waals surface area contributed by atoms with Crippen molar-refractivity contribution >= 4 is 0 Å². The van der Waals surface area contributed by atoms with Gasteiger partial charge in [-0.3, -0.25) is 4.98 Å². The van der Waals surface area contributed by atoms with Crippen LogP contribution in [0.2, 0.25) is 0 Å². The molecule has 36 heavy (non-hydrogen) atoms. The average Bonchev–Trinajstić information content (AvgIpc) is 2.89. The Hall–Kier alpha value is -3.97. The van der Waals surface area contributed by atoms with Crippen LogP contribution in [0.4, 0.5) is 0 Å². The van der Waals surface area contributed by atoms with Gasteiger partial charge in [0.25, 0.3) is 0 Å². The summed E-state index contributed by atoms with van der Waals surface area (Å²) in [5, 5.41) is 0. The van der Waals surface area contributed by atoms with Crippen molar-refractivity contribution in [2.75, 3.05) is 0 Å². The van der Waals surface area contributed by atoms with E-state index in [0.29, 0.717) is 0 Å². The Labute approximate surface area is 215 Å². The Bertz CT molecular complexity index is 1570. The maximum absolute atomic E-state index is 4.80. The lowest BCUT2D eigenvalue weighted by atomic mass is 9.79. The van der Waals surface area contributed by atoms with Crippen molar-refractivity contribution < 1.29 is 0 Å². The van der Waals surface area contributed by atoms with Gasteiger partial charge in [0.15, 0.2) is 0 Å². The van der Waals surface area contributed by atoms with Crippen LogP contribution in [0.25, 0.3) is 44.6 Å². The SMILES string of the molecule is Cc1cccc(-c2ccc(-c3ccccn3)c(-c3cccc(C)c3C)c2-c2cccc(C)c2C)c1C. The number of nitrogens with zero attached hydrogens (tertiary/aromatic N) is 1. The molecule has 1 heteroatoms. The Morgan fingerprint density at radius 2 is 0.861 bits per heavy atom. The van der Waals surface area contributed by atoms with E-state index >= 15 is 0 Å². The van der Waals surface area contributed by atoms with Crippen LogP contribution >= 0.6 is 0 Å². The zero-order chi connectivity index (χ0) is 25.4. The van der Waals surface area contributed by atoms with E-state index < -0.39 is 0 Å². The molecule has 0 amide bonds. The van der Waals surface area contributed by atoms with Crippen LogP contribution in [0.3, 0.4) is 0 Å². The zero-order valence-electron chi connectivity index (χ0n) is 22.1. The van der Waals surface area contributed by atoms with Crippen LogP contribution in [0, 0.1) is 41.5 Å². The molecule has 0 aliphatic rings. The van der Waals surface area contributed by atoms with E-state index in [1.807, 2.05) is 12.3 Å². The van der Waals surface area contributed by atoms with Gasteiger partial charge < -0.3 is 0 Å². The van der Waals surface area contributed by atoms with E-state index in [1.54, 1.807) is 0 Å².